The molecule has 0 saturated carbocycles. The number of thiophene rings is 1. The van der Waals surface area contributed by atoms with E-state index in [1.807, 2.05) is 27.7 Å². The highest BCUT2D eigenvalue weighted by Crippen LogP contribution is 2.44. The van der Waals surface area contributed by atoms with Gasteiger partial charge in [-0.1, -0.05) is 138 Å². The van der Waals surface area contributed by atoms with E-state index in [-0.39, 0.29) is 5.41 Å². The van der Waals surface area contributed by atoms with Gasteiger partial charge in [0, 0.05) is 15.2 Å². The first-order chi connectivity index (χ1) is 21.5. The molecule has 3 rings (SSSR count). The predicted molar refractivity (Wildman–Crippen MR) is 210 cm³/mol. The Balaban J connectivity index is 0.00000153. The highest BCUT2D eigenvalue weighted by atomic mass is 32.1. The van der Waals surface area contributed by atoms with Crippen LogP contribution in [0.2, 0.25) is 0 Å². The van der Waals surface area contributed by atoms with Gasteiger partial charge in [-0.2, -0.15) is 0 Å². The lowest BCUT2D eigenvalue weighted by atomic mass is 9.73. The maximum atomic E-state index is 5.22. The summed E-state index contributed by atoms with van der Waals surface area (Å²) < 4.78 is 0. The quantitative estimate of drug-likeness (QED) is 0.218. The molecular formula is C43H73NS. The van der Waals surface area contributed by atoms with E-state index in [2.05, 4.69) is 128 Å². The summed E-state index contributed by atoms with van der Waals surface area (Å²) in [5.74, 6) is 0.584. The van der Waals surface area contributed by atoms with Crippen molar-refractivity contribution in [2.24, 2.45) is 11.7 Å². The minimum atomic E-state index is 0.206. The van der Waals surface area contributed by atoms with Crippen LogP contribution in [0.5, 0.6) is 0 Å². The van der Waals surface area contributed by atoms with Gasteiger partial charge in [-0.15, -0.1) is 11.3 Å². The minimum absolute atomic E-state index is 0.206. The molecule has 0 saturated heterocycles. The number of unbranched alkanes of at least 4 members (excludes halogenated alkanes) is 1. The normalized spacial score (nSPS) is 15.0. The van der Waals surface area contributed by atoms with Gasteiger partial charge in [0.25, 0.3) is 0 Å². The lowest BCUT2D eigenvalue weighted by molar-refractivity contribution is 0.370. The van der Waals surface area contributed by atoms with E-state index >= 15 is 0 Å². The molecular weight excluding hydrogens is 563 g/mol. The first kappa shape index (κ1) is 43.1. The summed E-state index contributed by atoms with van der Waals surface area (Å²) in [6.07, 6.45) is 18.9. The molecule has 0 spiro atoms. The third-order valence-electron chi connectivity index (χ3n) is 8.94. The largest absolute Gasteiger partial charge is 0.330 e. The smallest absolute Gasteiger partial charge is 0.0110 e. The SMILES string of the molecule is CC.CC.CCC=CCCN.CCCCc1ccc(C(CC)(CC)CCC2=CC(C)=C(c3ccc(C(C)(C)C)cc3)C(C)C2)s1. The van der Waals surface area contributed by atoms with E-state index in [0.29, 0.717) is 11.3 Å². The van der Waals surface area contributed by atoms with Gasteiger partial charge < -0.3 is 5.73 Å². The van der Waals surface area contributed by atoms with Crippen LogP contribution >= 0.6 is 11.3 Å². The summed E-state index contributed by atoms with van der Waals surface area (Å²) in [7, 11) is 0. The van der Waals surface area contributed by atoms with E-state index in [1.165, 1.54) is 68.1 Å². The molecule has 1 aliphatic carbocycles. The number of allylic oxidation sites excluding steroid dienone is 5. The second-order valence-electron chi connectivity index (χ2n) is 13.1. The maximum absolute atomic E-state index is 5.22. The van der Waals surface area contributed by atoms with Crippen LogP contribution in [0.15, 0.2) is 65.8 Å². The number of rotatable bonds is 13. The molecule has 1 aromatic carbocycles. The number of benzene rings is 1. The summed E-state index contributed by atoms with van der Waals surface area (Å²) >= 11 is 2.09. The molecule has 0 bridgehead atoms. The molecule has 0 amide bonds. The second kappa shape index (κ2) is 23.4. The summed E-state index contributed by atoms with van der Waals surface area (Å²) in [5, 5.41) is 0. The molecule has 45 heavy (non-hydrogen) atoms. The van der Waals surface area contributed by atoms with Crippen LogP contribution in [0, 0.1) is 5.92 Å². The molecule has 1 atom stereocenters. The minimum Gasteiger partial charge on any atom is -0.330 e. The van der Waals surface area contributed by atoms with Crippen molar-refractivity contribution >= 4 is 16.9 Å². The van der Waals surface area contributed by atoms with E-state index in [1.54, 1.807) is 20.9 Å². The monoisotopic (exact) mass is 636 g/mol. The first-order valence-corrected chi connectivity index (χ1v) is 19.3. The van der Waals surface area contributed by atoms with Crippen molar-refractivity contribution in [3.8, 4) is 0 Å². The van der Waals surface area contributed by atoms with Crippen LogP contribution in [-0.4, -0.2) is 6.54 Å². The van der Waals surface area contributed by atoms with Crippen molar-refractivity contribution in [2.75, 3.05) is 6.54 Å². The Morgan fingerprint density at radius 1 is 0.867 bits per heavy atom. The zero-order valence-electron chi connectivity index (χ0n) is 32.0. The molecule has 0 aliphatic heterocycles. The molecule has 0 fully saturated rings. The molecule has 1 aromatic heterocycles. The van der Waals surface area contributed by atoms with Gasteiger partial charge in [-0.25, -0.2) is 0 Å². The average molecular weight is 636 g/mol. The Bertz CT molecular complexity index is 1120. The van der Waals surface area contributed by atoms with Gasteiger partial charge in [0.1, 0.15) is 0 Å². The molecule has 256 valence electrons. The number of hydrogen-bond donors (Lipinski definition) is 1. The molecule has 1 nitrogen and oxygen atoms in total. The third kappa shape index (κ3) is 14.2. The fourth-order valence-corrected chi connectivity index (χ4v) is 7.58. The Morgan fingerprint density at radius 3 is 1.98 bits per heavy atom. The van der Waals surface area contributed by atoms with Gasteiger partial charge in [0.2, 0.25) is 0 Å². The van der Waals surface area contributed by atoms with Crippen molar-refractivity contribution in [3.05, 3.63) is 86.7 Å². The van der Waals surface area contributed by atoms with E-state index < -0.39 is 0 Å². The molecule has 2 aromatic rings. The number of aryl methyl sites for hydroxylation is 1. The molecule has 0 radical (unpaired) electrons. The zero-order chi connectivity index (χ0) is 34.5. The Labute approximate surface area is 285 Å². The van der Waals surface area contributed by atoms with Crippen LogP contribution in [-0.2, 0) is 17.3 Å². The van der Waals surface area contributed by atoms with E-state index in [9.17, 15) is 0 Å². The Morgan fingerprint density at radius 2 is 1.49 bits per heavy atom. The Hall–Kier alpha value is -1.90. The van der Waals surface area contributed by atoms with Crippen molar-refractivity contribution < 1.29 is 0 Å². The van der Waals surface area contributed by atoms with Crippen molar-refractivity contribution in [1.82, 2.24) is 0 Å². The first-order valence-electron chi connectivity index (χ1n) is 18.5. The maximum Gasteiger partial charge on any atom is 0.0110 e. The predicted octanol–water partition coefficient (Wildman–Crippen LogP) is 14.0. The fourth-order valence-electron chi connectivity index (χ4n) is 6.17. The van der Waals surface area contributed by atoms with Crippen LogP contribution in [0.4, 0.5) is 0 Å². The Kier molecular flexibility index (Phi) is 22.4. The highest BCUT2D eigenvalue weighted by Gasteiger charge is 2.31. The fraction of sp³-hybridized carbons (Fsp3) is 0.628. The molecule has 1 unspecified atom stereocenters. The van der Waals surface area contributed by atoms with Crippen LogP contribution in [0.1, 0.15) is 169 Å². The van der Waals surface area contributed by atoms with Crippen LogP contribution in [0.3, 0.4) is 0 Å². The van der Waals surface area contributed by atoms with Crippen LogP contribution in [0.25, 0.3) is 5.57 Å². The standard InChI is InChI=1S/C33H48S.C6H13N.2C2H6/c1-9-12-13-29-18-19-30(34-29)33(10-2,11-3)21-20-26-22-24(4)31(25(5)23-26)27-14-16-28(17-15-27)32(6,7)8;1-2-3-4-5-6-7;2*1-2/h14-19,22,25H,9-13,20-21,23H2,1-8H3;3-4H,2,5-7H2,1H3;2*1-2H3. The van der Waals surface area contributed by atoms with Crippen molar-refractivity contribution in [2.45, 2.75) is 165 Å². The average Bonchev–Trinajstić information content (AvgIpc) is 3.52. The third-order valence-corrected chi connectivity index (χ3v) is 10.3. The lowest BCUT2D eigenvalue weighted by Crippen LogP contribution is -2.23. The molecule has 2 heteroatoms. The number of nitrogens with two attached hydrogens (primary N) is 1. The summed E-state index contributed by atoms with van der Waals surface area (Å²) in [6, 6.07) is 14.2. The van der Waals surface area contributed by atoms with Gasteiger partial charge in [-0.05, 0) is 117 Å². The summed E-state index contributed by atoms with van der Waals surface area (Å²) in [6.45, 7) is 29.6. The van der Waals surface area contributed by atoms with E-state index in [0.717, 1.165) is 19.4 Å². The van der Waals surface area contributed by atoms with Gasteiger partial charge in [0.05, 0.1) is 0 Å². The number of hydrogen-bond acceptors (Lipinski definition) is 2. The van der Waals surface area contributed by atoms with Crippen LogP contribution < -0.4 is 5.73 Å². The second-order valence-corrected chi connectivity index (χ2v) is 14.3. The summed E-state index contributed by atoms with van der Waals surface area (Å²) in [5.41, 5.74) is 13.2. The molecule has 1 heterocycles. The van der Waals surface area contributed by atoms with Gasteiger partial charge in [0.15, 0.2) is 0 Å². The zero-order valence-corrected chi connectivity index (χ0v) is 32.9. The molecule has 2 N–H and O–H groups in total. The molecule has 1 aliphatic rings. The van der Waals surface area contributed by atoms with Crippen molar-refractivity contribution in [1.29, 1.82) is 0 Å². The topological polar surface area (TPSA) is 26.0 Å². The van der Waals surface area contributed by atoms with Gasteiger partial charge in [-0.3, -0.25) is 0 Å². The van der Waals surface area contributed by atoms with E-state index in [4.69, 9.17) is 5.73 Å². The highest BCUT2D eigenvalue weighted by molar-refractivity contribution is 7.12. The van der Waals surface area contributed by atoms with Gasteiger partial charge >= 0.3 is 0 Å². The van der Waals surface area contributed by atoms with Crippen molar-refractivity contribution in [3.63, 3.8) is 0 Å². The lowest BCUT2D eigenvalue weighted by Gasteiger charge is -2.33. The summed E-state index contributed by atoms with van der Waals surface area (Å²) in [4.78, 5) is 3.20.